The molecule has 4 nitrogen and oxygen atoms in total. The van der Waals surface area contributed by atoms with Gasteiger partial charge >= 0.3 is 0 Å². The Bertz CT molecular complexity index is 627. The van der Waals surface area contributed by atoms with E-state index in [-0.39, 0.29) is 0 Å². The normalized spacial score (nSPS) is 10.9. The van der Waals surface area contributed by atoms with Crippen molar-refractivity contribution in [2.75, 3.05) is 5.32 Å². The van der Waals surface area contributed by atoms with Crippen molar-refractivity contribution in [3.63, 3.8) is 0 Å². The Morgan fingerprint density at radius 1 is 1.41 bits per heavy atom. The lowest BCUT2D eigenvalue weighted by Gasteiger charge is -2.06. The Labute approximate surface area is 103 Å². The van der Waals surface area contributed by atoms with Crippen molar-refractivity contribution in [1.29, 1.82) is 0 Å². The van der Waals surface area contributed by atoms with E-state index in [4.69, 9.17) is 0 Å². The zero-order chi connectivity index (χ0) is 11.7. The summed E-state index contributed by atoms with van der Waals surface area (Å²) in [5, 5.41) is 9.77. The molecule has 0 radical (unpaired) electrons. The third kappa shape index (κ3) is 1.89. The molecule has 3 heterocycles. The number of aryl methyl sites for hydroxylation is 1. The first kappa shape index (κ1) is 10.3. The van der Waals surface area contributed by atoms with Crippen LogP contribution in [0.4, 0.5) is 5.82 Å². The largest absolute Gasteiger partial charge is 0.365 e. The smallest absolute Gasteiger partial charge is 0.160 e. The molecule has 0 aliphatic heterocycles. The summed E-state index contributed by atoms with van der Waals surface area (Å²) in [6.45, 7) is 2.83. The molecule has 0 bridgehead atoms. The Hall–Kier alpha value is -1.88. The zero-order valence-electron chi connectivity index (χ0n) is 9.42. The summed E-state index contributed by atoms with van der Waals surface area (Å²) in [5.74, 6) is 0.969. The van der Waals surface area contributed by atoms with E-state index in [1.54, 1.807) is 17.5 Å². The highest BCUT2D eigenvalue weighted by Crippen LogP contribution is 2.15. The van der Waals surface area contributed by atoms with E-state index >= 15 is 0 Å². The molecule has 3 aromatic heterocycles. The van der Waals surface area contributed by atoms with Crippen LogP contribution >= 0.6 is 11.3 Å². The molecule has 17 heavy (non-hydrogen) atoms. The average Bonchev–Trinajstić information content (AvgIpc) is 2.97. The number of thiophene rings is 1. The summed E-state index contributed by atoms with van der Waals surface area (Å²) in [4.78, 5) is 5.61. The van der Waals surface area contributed by atoms with Gasteiger partial charge in [-0.05, 0) is 24.4 Å². The van der Waals surface area contributed by atoms with Crippen molar-refractivity contribution in [3.05, 3.63) is 46.4 Å². The van der Waals surface area contributed by atoms with Crippen LogP contribution in [0.2, 0.25) is 0 Å². The number of anilines is 1. The lowest BCUT2D eigenvalue weighted by Crippen LogP contribution is -2.04. The number of hydrogen-bond acceptors (Lipinski definition) is 4. The summed E-state index contributed by atoms with van der Waals surface area (Å²) in [6, 6.07) is 6.11. The van der Waals surface area contributed by atoms with E-state index in [0.717, 1.165) is 23.6 Å². The van der Waals surface area contributed by atoms with E-state index in [9.17, 15) is 0 Å². The number of aromatic nitrogens is 3. The molecule has 5 heteroatoms. The second-order valence-electron chi connectivity index (χ2n) is 3.83. The van der Waals surface area contributed by atoms with Crippen LogP contribution < -0.4 is 5.32 Å². The van der Waals surface area contributed by atoms with Crippen LogP contribution in [0.3, 0.4) is 0 Å². The molecule has 0 aliphatic rings. The topological polar surface area (TPSA) is 42.2 Å². The zero-order valence-corrected chi connectivity index (χ0v) is 10.2. The van der Waals surface area contributed by atoms with Crippen molar-refractivity contribution in [3.8, 4) is 0 Å². The number of nitrogens with zero attached hydrogens (tertiary/aromatic N) is 3. The molecule has 0 atom stereocenters. The molecule has 86 valence electrons. The molecule has 0 spiro atoms. The third-order valence-corrected chi connectivity index (χ3v) is 3.48. The molecule has 0 fully saturated rings. The van der Waals surface area contributed by atoms with Gasteiger partial charge in [0, 0.05) is 16.6 Å². The molecule has 3 rings (SSSR count). The van der Waals surface area contributed by atoms with Gasteiger partial charge in [0.1, 0.15) is 5.82 Å². The third-order valence-electron chi connectivity index (χ3n) is 2.60. The molecule has 3 aromatic rings. The second-order valence-corrected chi connectivity index (χ2v) is 4.86. The molecule has 0 unspecified atom stereocenters. The van der Waals surface area contributed by atoms with Crippen molar-refractivity contribution in [2.24, 2.45) is 0 Å². The predicted octanol–water partition coefficient (Wildman–Crippen LogP) is 2.71. The van der Waals surface area contributed by atoms with Gasteiger partial charge < -0.3 is 5.32 Å². The van der Waals surface area contributed by atoms with Crippen LogP contribution in [0.1, 0.15) is 10.4 Å². The van der Waals surface area contributed by atoms with E-state index in [1.165, 1.54) is 4.88 Å². The van der Waals surface area contributed by atoms with Gasteiger partial charge in [0.15, 0.2) is 5.65 Å². The Morgan fingerprint density at radius 3 is 3.18 bits per heavy atom. The van der Waals surface area contributed by atoms with E-state index in [2.05, 4.69) is 32.9 Å². The molecule has 0 amide bonds. The Morgan fingerprint density at radius 2 is 2.35 bits per heavy atom. The van der Waals surface area contributed by atoms with Crippen LogP contribution in [-0.4, -0.2) is 14.6 Å². The first-order valence-corrected chi connectivity index (χ1v) is 6.28. The monoisotopic (exact) mass is 244 g/mol. The maximum atomic E-state index is 4.31. The van der Waals surface area contributed by atoms with Gasteiger partial charge in [0.05, 0.1) is 12.7 Å². The fraction of sp³-hybridized carbons (Fsp3) is 0.167. The minimum absolute atomic E-state index is 0.815. The fourth-order valence-electron chi connectivity index (χ4n) is 1.73. The average molecular weight is 244 g/mol. The van der Waals surface area contributed by atoms with Crippen LogP contribution in [0.25, 0.3) is 5.65 Å². The molecule has 1 N–H and O–H groups in total. The first-order valence-electron chi connectivity index (χ1n) is 5.40. The SMILES string of the molecule is Cc1cnn2c(NCc3cccs3)ccnc12. The highest BCUT2D eigenvalue weighted by Gasteiger charge is 2.04. The maximum absolute atomic E-state index is 4.31. The molecule has 0 aromatic carbocycles. The summed E-state index contributed by atoms with van der Waals surface area (Å²) in [7, 11) is 0. The molecule has 0 saturated carbocycles. The van der Waals surface area contributed by atoms with Crippen LogP contribution in [0, 0.1) is 6.92 Å². The van der Waals surface area contributed by atoms with Gasteiger partial charge in [-0.25, -0.2) is 4.98 Å². The predicted molar refractivity (Wildman–Crippen MR) is 69.4 cm³/mol. The second kappa shape index (κ2) is 4.18. The summed E-state index contributed by atoms with van der Waals surface area (Å²) >= 11 is 1.74. The lowest BCUT2D eigenvalue weighted by molar-refractivity contribution is 0.928. The van der Waals surface area contributed by atoms with Crippen molar-refractivity contribution in [2.45, 2.75) is 13.5 Å². The minimum Gasteiger partial charge on any atom is -0.365 e. The Kier molecular flexibility index (Phi) is 2.53. The molecule has 0 saturated heterocycles. The minimum atomic E-state index is 0.815. The Balaban J connectivity index is 1.90. The first-order chi connectivity index (χ1) is 8.34. The summed E-state index contributed by atoms with van der Waals surface area (Å²) < 4.78 is 1.84. The van der Waals surface area contributed by atoms with Crippen molar-refractivity contribution < 1.29 is 0 Å². The maximum Gasteiger partial charge on any atom is 0.160 e. The van der Waals surface area contributed by atoms with E-state index < -0.39 is 0 Å². The quantitative estimate of drug-likeness (QED) is 0.770. The van der Waals surface area contributed by atoms with Gasteiger partial charge in [-0.2, -0.15) is 9.61 Å². The van der Waals surface area contributed by atoms with Gasteiger partial charge in [-0.3, -0.25) is 0 Å². The van der Waals surface area contributed by atoms with Gasteiger partial charge in [0.25, 0.3) is 0 Å². The molecule has 0 aliphatic carbocycles. The van der Waals surface area contributed by atoms with E-state index in [1.807, 2.05) is 23.7 Å². The fourth-order valence-corrected chi connectivity index (χ4v) is 2.37. The van der Waals surface area contributed by atoms with Gasteiger partial charge in [-0.15, -0.1) is 11.3 Å². The van der Waals surface area contributed by atoms with Crippen molar-refractivity contribution >= 4 is 22.8 Å². The summed E-state index contributed by atoms with van der Waals surface area (Å²) in [6.07, 6.45) is 3.64. The van der Waals surface area contributed by atoms with Crippen LogP contribution in [0.5, 0.6) is 0 Å². The van der Waals surface area contributed by atoms with Crippen molar-refractivity contribution in [1.82, 2.24) is 14.6 Å². The van der Waals surface area contributed by atoms with Gasteiger partial charge in [-0.1, -0.05) is 6.07 Å². The highest BCUT2D eigenvalue weighted by molar-refractivity contribution is 7.09. The summed E-state index contributed by atoms with van der Waals surface area (Å²) in [5.41, 5.74) is 1.99. The number of fused-ring (bicyclic) bond motifs is 1. The lowest BCUT2D eigenvalue weighted by atomic mass is 10.4. The number of nitrogens with one attached hydrogen (secondary N) is 1. The van der Waals surface area contributed by atoms with Crippen LogP contribution in [-0.2, 0) is 6.54 Å². The number of rotatable bonds is 3. The molecular weight excluding hydrogens is 232 g/mol. The number of hydrogen-bond donors (Lipinski definition) is 1. The highest BCUT2D eigenvalue weighted by atomic mass is 32.1. The van der Waals surface area contributed by atoms with Gasteiger partial charge in [0.2, 0.25) is 0 Å². The van der Waals surface area contributed by atoms with Crippen LogP contribution in [0.15, 0.2) is 36.0 Å². The van der Waals surface area contributed by atoms with E-state index in [0.29, 0.717) is 0 Å². The molecular formula is C12H12N4S. The standard InChI is InChI=1S/C12H12N4S/c1-9-7-15-16-11(4-5-13-12(9)16)14-8-10-3-2-6-17-10/h2-7,14H,8H2,1H3.